The molecule has 0 saturated heterocycles. The molecule has 4 rings (SSSR count). The number of halogens is 3. The molecule has 3 heteroatoms. The zero-order valence-corrected chi connectivity index (χ0v) is 18.3. The molecule has 3 aromatic carbocycles. The minimum atomic E-state index is -0.426. The first-order valence-corrected chi connectivity index (χ1v) is 11.6. The van der Waals surface area contributed by atoms with Crippen molar-refractivity contribution in [2.45, 2.75) is 64.2 Å². The maximum absolute atomic E-state index is 15.1. The minimum absolute atomic E-state index is 0.116. The van der Waals surface area contributed by atoms with Crippen LogP contribution in [0.15, 0.2) is 48.5 Å². The highest BCUT2D eigenvalue weighted by Gasteiger charge is 2.22. The molecule has 0 amide bonds. The predicted molar refractivity (Wildman–Crippen MR) is 122 cm³/mol. The van der Waals surface area contributed by atoms with Crippen LogP contribution in [-0.2, 0) is 12.8 Å². The van der Waals surface area contributed by atoms with E-state index in [1.165, 1.54) is 50.2 Å². The summed E-state index contributed by atoms with van der Waals surface area (Å²) in [7, 11) is 0. The Bertz CT molecular complexity index is 1020. The van der Waals surface area contributed by atoms with Crippen LogP contribution in [0.5, 0.6) is 0 Å². The SMILES string of the molecule is CCCC1CCC(c2ccc3c(F)c(CCc4ccc(Cl)c(F)c4)ccc3c2)CC1. The van der Waals surface area contributed by atoms with Gasteiger partial charge in [0.15, 0.2) is 0 Å². The van der Waals surface area contributed by atoms with Gasteiger partial charge in [0.05, 0.1) is 5.02 Å². The van der Waals surface area contributed by atoms with E-state index in [-0.39, 0.29) is 10.8 Å². The number of hydrogen-bond acceptors (Lipinski definition) is 0. The van der Waals surface area contributed by atoms with Crippen molar-refractivity contribution in [1.29, 1.82) is 0 Å². The molecule has 3 aromatic rings. The summed E-state index contributed by atoms with van der Waals surface area (Å²) in [6, 6.07) is 14.9. The lowest BCUT2D eigenvalue weighted by Crippen LogP contribution is -2.13. The van der Waals surface area contributed by atoms with Gasteiger partial charge in [-0.05, 0) is 84.6 Å². The molecule has 0 aliphatic heterocycles. The first-order chi connectivity index (χ1) is 14.5. The molecule has 1 aliphatic rings. The fourth-order valence-electron chi connectivity index (χ4n) is 4.97. The van der Waals surface area contributed by atoms with E-state index in [2.05, 4.69) is 19.1 Å². The Morgan fingerprint density at radius 1 is 0.900 bits per heavy atom. The van der Waals surface area contributed by atoms with Gasteiger partial charge in [-0.3, -0.25) is 0 Å². The highest BCUT2D eigenvalue weighted by Crippen LogP contribution is 2.38. The van der Waals surface area contributed by atoms with Gasteiger partial charge in [-0.1, -0.05) is 67.8 Å². The van der Waals surface area contributed by atoms with Gasteiger partial charge in [0, 0.05) is 5.39 Å². The van der Waals surface area contributed by atoms with E-state index in [0.29, 0.717) is 29.7 Å². The lowest BCUT2D eigenvalue weighted by Gasteiger charge is -2.28. The smallest absolute Gasteiger partial charge is 0.142 e. The fraction of sp³-hybridized carbons (Fsp3) is 0.407. The van der Waals surface area contributed by atoms with Crippen LogP contribution in [0.4, 0.5) is 8.78 Å². The molecule has 0 radical (unpaired) electrons. The zero-order chi connectivity index (χ0) is 21.1. The van der Waals surface area contributed by atoms with E-state index in [1.54, 1.807) is 12.1 Å². The van der Waals surface area contributed by atoms with Gasteiger partial charge in [-0.25, -0.2) is 8.78 Å². The quantitative estimate of drug-likeness (QED) is 0.370. The lowest BCUT2D eigenvalue weighted by molar-refractivity contribution is 0.308. The molecule has 0 bridgehead atoms. The van der Waals surface area contributed by atoms with Crippen molar-refractivity contribution in [3.05, 3.63) is 81.9 Å². The second-order valence-corrected chi connectivity index (χ2v) is 9.18. The van der Waals surface area contributed by atoms with Crippen molar-refractivity contribution in [3.63, 3.8) is 0 Å². The van der Waals surface area contributed by atoms with E-state index < -0.39 is 5.82 Å². The van der Waals surface area contributed by atoms with Crippen LogP contribution < -0.4 is 0 Å². The molecule has 0 N–H and O–H groups in total. The molecule has 1 saturated carbocycles. The molecule has 0 unspecified atom stereocenters. The van der Waals surface area contributed by atoms with Gasteiger partial charge in [0.2, 0.25) is 0 Å². The molecule has 0 atom stereocenters. The topological polar surface area (TPSA) is 0 Å². The van der Waals surface area contributed by atoms with E-state index in [4.69, 9.17) is 11.6 Å². The largest absolute Gasteiger partial charge is 0.206 e. The van der Waals surface area contributed by atoms with E-state index in [9.17, 15) is 4.39 Å². The van der Waals surface area contributed by atoms with Crippen LogP contribution >= 0.6 is 11.6 Å². The molecule has 30 heavy (non-hydrogen) atoms. The van der Waals surface area contributed by atoms with Crippen LogP contribution in [0.1, 0.15) is 68.1 Å². The Balaban J connectivity index is 1.48. The fourth-order valence-corrected chi connectivity index (χ4v) is 5.09. The Hall–Kier alpha value is -1.93. The predicted octanol–water partition coefficient (Wildman–Crippen LogP) is 8.63. The van der Waals surface area contributed by atoms with Crippen LogP contribution in [0.3, 0.4) is 0 Å². The van der Waals surface area contributed by atoms with Crippen LogP contribution in [0.2, 0.25) is 5.02 Å². The summed E-state index contributed by atoms with van der Waals surface area (Å²) in [6.07, 6.45) is 8.86. The summed E-state index contributed by atoms with van der Waals surface area (Å²) < 4.78 is 28.8. The summed E-state index contributed by atoms with van der Waals surface area (Å²) in [6.45, 7) is 2.27. The Morgan fingerprint density at radius 3 is 2.43 bits per heavy atom. The summed E-state index contributed by atoms with van der Waals surface area (Å²) in [4.78, 5) is 0. The third-order valence-electron chi connectivity index (χ3n) is 6.74. The molecule has 0 aromatic heterocycles. The Morgan fingerprint density at radius 2 is 1.70 bits per heavy atom. The molecule has 0 nitrogen and oxygen atoms in total. The third-order valence-corrected chi connectivity index (χ3v) is 7.05. The third kappa shape index (κ3) is 4.70. The van der Waals surface area contributed by atoms with Gasteiger partial charge in [0.25, 0.3) is 0 Å². The molecular formula is C27H29ClF2. The Kier molecular flexibility index (Phi) is 6.73. The normalized spacial score (nSPS) is 19.3. The highest BCUT2D eigenvalue weighted by molar-refractivity contribution is 6.30. The van der Waals surface area contributed by atoms with Crippen LogP contribution in [-0.4, -0.2) is 0 Å². The van der Waals surface area contributed by atoms with Crippen molar-refractivity contribution in [1.82, 2.24) is 0 Å². The number of rotatable bonds is 6. The monoisotopic (exact) mass is 426 g/mol. The van der Waals surface area contributed by atoms with Gasteiger partial charge in [-0.15, -0.1) is 0 Å². The summed E-state index contributed by atoms with van der Waals surface area (Å²) in [5.41, 5.74) is 2.84. The number of benzene rings is 3. The van der Waals surface area contributed by atoms with Crippen LogP contribution in [0, 0.1) is 17.6 Å². The maximum atomic E-state index is 15.1. The highest BCUT2D eigenvalue weighted by atomic mass is 35.5. The van der Waals surface area contributed by atoms with Gasteiger partial charge in [-0.2, -0.15) is 0 Å². The minimum Gasteiger partial charge on any atom is -0.206 e. The molecule has 0 heterocycles. The summed E-state index contributed by atoms with van der Waals surface area (Å²) in [5.74, 6) is 0.912. The first kappa shape index (κ1) is 21.3. The van der Waals surface area contributed by atoms with Gasteiger partial charge < -0.3 is 0 Å². The van der Waals surface area contributed by atoms with E-state index >= 15 is 4.39 Å². The average molecular weight is 427 g/mol. The van der Waals surface area contributed by atoms with Crippen molar-refractivity contribution >= 4 is 22.4 Å². The molecule has 1 fully saturated rings. The second-order valence-electron chi connectivity index (χ2n) is 8.77. The van der Waals surface area contributed by atoms with Crippen LogP contribution in [0.25, 0.3) is 10.8 Å². The van der Waals surface area contributed by atoms with Crippen molar-refractivity contribution in [3.8, 4) is 0 Å². The van der Waals surface area contributed by atoms with Crippen molar-refractivity contribution in [2.75, 3.05) is 0 Å². The van der Waals surface area contributed by atoms with Gasteiger partial charge in [0.1, 0.15) is 11.6 Å². The zero-order valence-electron chi connectivity index (χ0n) is 17.6. The maximum Gasteiger partial charge on any atom is 0.142 e. The average Bonchev–Trinajstić information content (AvgIpc) is 2.76. The van der Waals surface area contributed by atoms with E-state index in [0.717, 1.165) is 16.9 Å². The number of aryl methyl sites for hydroxylation is 2. The van der Waals surface area contributed by atoms with Gasteiger partial charge >= 0.3 is 0 Å². The number of hydrogen-bond donors (Lipinski definition) is 0. The van der Waals surface area contributed by atoms with Crippen molar-refractivity contribution in [2.24, 2.45) is 5.92 Å². The lowest BCUT2D eigenvalue weighted by atomic mass is 9.77. The number of fused-ring (bicyclic) bond motifs is 1. The summed E-state index contributed by atoms with van der Waals surface area (Å²) >= 11 is 5.74. The molecular weight excluding hydrogens is 398 g/mol. The summed E-state index contributed by atoms with van der Waals surface area (Å²) in [5, 5.41) is 1.77. The second kappa shape index (κ2) is 9.47. The van der Waals surface area contributed by atoms with E-state index in [1.807, 2.05) is 18.2 Å². The Labute approximate surface area is 183 Å². The first-order valence-electron chi connectivity index (χ1n) is 11.2. The van der Waals surface area contributed by atoms with Crippen molar-refractivity contribution < 1.29 is 8.78 Å². The molecule has 158 valence electrons. The molecule has 0 spiro atoms. The standard InChI is InChI=1S/C27H29ClF2/c1-2-3-18-4-8-20(9-5-18)22-13-14-24-23(17-22)12-11-21(27(24)30)10-6-19-7-15-25(28)26(29)16-19/h7,11-18,20H,2-6,8-10H2,1H3. The molecule has 1 aliphatic carbocycles.